The van der Waals surface area contributed by atoms with E-state index in [1.807, 2.05) is 32.0 Å². The van der Waals surface area contributed by atoms with Gasteiger partial charge in [0.1, 0.15) is 12.4 Å². The maximum Gasteiger partial charge on any atom is 0.230 e. The number of amides is 1. The molecule has 1 aliphatic carbocycles. The predicted molar refractivity (Wildman–Crippen MR) is 103 cm³/mol. The SMILES string of the molecule is CC[C@@H](C)NC(=O)CSc1nnc(COc2ccccc2Cl)n1C1CC1. The lowest BCUT2D eigenvalue weighted by molar-refractivity contribution is -0.119. The zero-order valence-electron chi connectivity index (χ0n) is 14.9. The summed E-state index contributed by atoms with van der Waals surface area (Å²) < 4.78 is 7.90. The van der Waals surface area contributed by atoms with E-state index >= 15 is 0 Å². The normalized spacial score (nSPS) is 14.9. The van der Waals surface area contributed by atoms with Crippen molar-refractivity contribution < 1.29 is 9.53 Å². The summed E-state index contributed by atoms with van der Waals surface area (Å²) in [5.74, 6) is 1.74. The molecule has 1 aromatic carbocycles. The number of thioether (sulfide) groups is 1. The van der Waals surface area contributed by atoms with Crippen LogP contribution < -0.4 is 10.1 Å². The van der Waals surface area contributed by atoms with Crippen LogP contribution in [0.4, 0.5) is 0 Å². The number of rotatable bonds is 9. The number of aromatic nitrogens is 3. The van der Waals surface area contributed by atoms with Gasteiger partial charge in [0.25, 0.3) is 0 Å². The van der Waals surface area contributed by atoms with Crippen molar-refractivity contribution in [1.29, 1.82) is 0 Å². The molecule has 1 N–H and O–H groups in total. The van der Waals surface area contributed by atoms with Crippen LogP contribution in [0.25, 0.3) is 0 Å². The summed E-state index contributed by atoms with van der Waals surface area (Å²) in [7, 11) is 0. The maximum absolute atomic E-state index is 12.0. The average molecular weight is 395 g/mol. The minimum Gasteiger partial charge on any atom is -0.484 e. The number of nitrogens with zero attached hydrogens (tertiary/aromatic N) is 3. The lowest BCUT2D eigenvalue weighted by atomic mass is 10.3. The molecule has 1 saturated carbocycles. The second-order valence-corrected chi connectivity index (χ2v) is 7.73. The van der Waals surface area contributed by atoms with Crippen LogP contribution in [0.3, 0.4) is 0 Å². The number of carbonyl (C=O) groups is 1. The monoisotopic (exact) mass is 394 g/mol. The highest BCUT2D eigenvalue weighted by Gasteiger charge is 2.30. The molecule has 140 valence electrons. The van der Waals surface area contributed by atoms with Crippen molar-refractivity contribution in [3.8, 4) is 5.75 Å². The highest BCUT2D eigenvalue weighted by molar-refractivity contribution is 7.99. The van der Waals surface area contributed by atoms with Crippen LogP contribution in [0.1, 0.15) is 45.0 Å². The number of ether oxygens (including phenoxy) is 1. The summed E-state index contributed by atoms with van der Waals surface area (Å²) in [6, 6.07) is 7.94. The van der Waals surface area contributed by atoms with Crippen molar-refractivity contribution in [3.05, 3.63) is 35.1 Å². The third-order valence-corrected chi connectivity index (χ3v) is 5.45. The van der Waals surface area contributed by atoms with E-state index < -0.39 is 0 Å². The molecule has 1 heterocycles. The van der Waals surface area contributed by atoms with Crippen LogP contribution in [0.5, 0.6) is 5.75 Å². The molecule has 1 aliphatic rings. The number of halogens is 1. The van der Waals surface area contributed by atoms with Crippen LogP contribution in [-0.2, 0) is 11.4 Å². The Labute approximate surface area is 162 Å². The third kappa shape index (κ3) is 4.92. The van der Waals surface area contributed by atoms with Gasteiger partial charge >= 0.3 is 0 Å². The zero-order chi connectivity index (χ0) is 18.5. The number of hydrogen-bond donors (Lipinski definition) is 1. The van der Waals surface area contributed by atoms with E-state index in [1.165, 1.54) is 11.8 Å². The summed E-state index contributed by atoms with van der Waals surface area (Å²) in [4.78, 5) is 12.0. The molecule has 8 heteroatoms. The van der Waals surface area contributed by atoms with E-state index in [0.29, 0.717) is 29.2 Å². The summed E-state index contributed by atoms with van der Waals surface area (Å²) in [6.07, 6.45) is 3.12. The van der Waals surface area contributed by atoms with E-state index in [4.69, 9.17) is 16.3 Å². The first-order chi connectivity index (χ1) is 12.6. The highest BCUT2D eigenvalue weighted by Crippen LogP contribution is 2.39. The fourth-order valence-electron chi connectivity index (χ4n) is 2.46. The van der Waals surface area contributed by atoms with Crippen LogP contribution in [-0.4, -0.2) is 32.5 Å². The molecule has 0 radical (unpaired) electrons. The Hall–Kier alpha value is -1.73. The molecule has 0 saturated heterocycles. The van der Waals surface area contributed by atoms with Gasteiger partial charge in [0, 0.05) is 12.1 Å². The van der Waals surface area contributed by atoms with Gasteiger partial charge in [-0.05, 0) is 38.3 Å². The molecule has 1 aromatic heterocycles. The van der Waals surface area contributed by atoms with Crippen LogP contribution in [0.2, 0.25) is 5.02 Å². The smallest absolute Gasteiger partial charge is 0.230 e. The van der Waals surface area contributed by atoms with Gasteiger partial charge in [-0.15, -0.1) is 10.2 Å². The molecule has 0 spiro atoms. The number of carbonyl (C=O) groups excluding carboxylic acids is 1. The van der Waals surface area contributed by atoms with Crippen molar-refractivity contribution in [1.82, 2.24) is 20.1 Å². The minimum absolute atomic E-state index is 0.0172. The average Bonchev–Trinajstić information content (AvgIpc) is 3.39. The second-order valence-electron chi connectivity index (χ2n) is 6.38. The van der Waals surface area contributed by atoms with Gasteiger partial charge in [-0.1, -0.05) is 42.4 Å². The van der Waals surface area contributed by atoms with E-state index in [0.717, 1.165) is 30.2 Å². The molecule has 0 bridgehead atoms. The number of para-hydroxylation sites is 1. The first-order valence-electron chi connectivity index (χ1n) is 8.81. The van der Waals surface area contributed by atoms with Crippen LogP contribution in [0, 0.1) is 0 Å². The van der Waals surface area contributed by atoms with E-state index in [9.17, 15) is 4.79 Å². The number of nitrogens with one attached hydrogen (secondary N) is 1. The summed E-state index contributed by atoms with van der Waals surface area (Å²) >= 11 is 7.55. The standard InChI is InChI=1S/C18H23ClN4O2S/c1-3-12(2)20-17(24)11-26-18-22-21-16(23(18)13-8-9-13)10-25-15-7-5-4-6-14(15)19/h4-7,12-13H,3,8-11H2,1-2H3,(H,20,24)/t12-/m1/s1. The first kappa shape index (κ1) is 19.0. The fourth-order valence-corrected chi connectivity index (χ4v) is 3.48. The molecule has 6 nitrogen and oxygen atoms in total. The van der Waals surface area contributed by atoms with Crippen molar-refractivity contribution in [3.63, 3.8) is 0 Å². The lowest BCUT2D eigenvalue weighted by Gasteiger charge is -2.12. The summed E-state index contributed by atoms with van der Waals surface area (Å²) in [5, 5.41) is 12.8. The molecule has 3 rings (SSSR count). The van der Waals surface area contributed by atoms with Gasteiger partial charge in [-0.3, -0.25) is 9.36 Å². The van der Waals surface area contributed by atoms with Crippen LogP contribution >= 0.6 is 23.4 Å². The minimum atomic E-state index is 0.0172. The zero-order valence-corrected chi connectivity index (χ0v) is 16.5. The predicted octanol–water partition coefficient (Wildman–Crippen LogP) is 3.85. The molecule has 26 heavy (non-hydrogen) atoms. The molecule has 1 atom stereocenters. The Morgan fingerprint density at radius 1 is 1.42 bits per heavy atom. The van der Waals surface area contributed by atoms with Gasteiger partial charge in [0.2, 0.25) is 5.91 Å². The second kappa shape index (κ2) is 8.77. The Morgan fingerprint density at radius 2 is 2.19 bits per heavy atom. The molecule has 2 aromatic rings. The quantitative estimate of drug-likeness (QED) is 0.654. The first-order valence-corrected chi connectivity index (χ1v) is 10.2. The number of benzene rings is 1. The van der Waals surface area contributed by atoms with Crippen molar-refractivity contribution in [2.75, 3.05) is 5.75 Å². The van der Waals surface area contributed by atoms with E-state index in [-0.39, 0.29) is 11.9 Å². The number of hydrogen-bond acceptors (Lipinski definition) is 5. The van der Waals surface area contributed by atoms with Gasteiger partial charge in [0.15, 0.2) is 11.0 Å². The van der Waals surface area contributed by atoms with Crippen LogP contribution in [0.15, 0.2) is 29.4 Å². The summed E-state index contributed by atoms with van der Waals surface area (Å²) in [6.45, 7) is 4.35. The lowest BCUT2D eigenvalue weighted by Crippen LogP contribution is -2.33. The Balaban J connectivity index is 1.63. The Bertz CT molecular complexity index is 763. The molecular weight excluding hydrogens is 372 g/mol. The Morgan fingerprint density at radius 3 is 2.88 bits per heavy atom. The van der Waals surface area contributed by atoms with Crippen molar-refractivity contribution in [2.24, 2.45) is 0 Å². The topological polar surface area (TPSA) is 69.0 Å². The molecular formula is C18H23ClN4O2S. The van der Waals surface area contributed by atoms with E-state index in [2.05, 4.69) is 20.1 Å². The Kier molecular flexibility index (Phi) is 6.43. The fraction of sp³-hybridized carbons (Fsp3) is 0.500. The highest BCUT2D eigenvalue weighted by atomic mass is 35.5. The van der Waals surface area contributed by atoms with Gasteiger partial charge < -0.3 is 10.1 Å². The third-order valence-electron chi connectivity index (χ3n) is 4.19. The summed E-state index contributed by atoms with van der Waals surface area (Å²) in [5.41, 5.74) is 0. The van der Waals surface area contributed by atoms with Crippen molar-refractivity contribution >= 4 is 29.3 Å². The van der Waals surface area contributed by atoms with E-state index in [1.54, 1.807) is 6.07 Å². The maximum atomic E-state index is 12.0. The largest absolute Gasteiger partial charge is 0.484 e. The van der Waals surface area contributed by atoms with Gasteiger partial charge in [-0.2, -0.15) is 0 Å². The van der Waals surface area contributed by atoms with Gasteiger partial charge in [-0.25, -0.2) is 0 Å². The molecule has 1 amide bonds. The van der Waals surface area contributed by atoms with Crippen molar-refractivity contribution in [2.45, 2.75) is 57.0 Å². The molecule has 1 fully saturated rings. The van der Waals surface area contributed by atoms with Gasteiger partial charge in [0.05, 0.1) is 10.8 Å². The molecule has 0 aliphatic heterocycles. The molecule has 0 unspecified atom stereocenters.